The van der Waals surface area contributed by atoms with Crippen LogP contribution in [0.4, 0.5) is 15.8 Å². The number of hydrogen-bond acceptors (Lipinski definition) is 4. The molecule has 0 spiro atoms. The van der Waals surface area contributed by atoms with Gasteiger partial charge in [-0.2, -0.15) is 0 Å². The number of halogens is 1. The molecule has 0 aromatic heterocycles. The molecule has 1 atom stereocenters. The van der Waals surface area contributed by atoms with E-state index in [1.807, 2.05) is 24.3 Å². The minimum Gasteiger partial charge on any atom is -0.481 e. The van der Waals surface area contributed by atoms with Gasteiger partial charge in [0.2, 0.25) is 5.91 Å². The van der Waals surface area contributed by atoms with E-state index in [0.717, 1.165) is 18.8 Å². The minimum absolute atomic E-state index is 0.00312. The number of carbonyl (C=O) groups excluding carboxylic acids is 1. The van der Waals surface area contributed by atoms with Gasteiger partial charge in [-0.05, 0) is 42.0 Å². The minimum atomic E-state index is -1.00. The molecule has 3 rings (SSSR count). The topological polar surface area (TPSA) is 78.9 Å². The molecule has 6 nitrogen and oxygen atoms in total. The van der Waals surface area contributed by atoms with E-state index in [4.69, 9.17) is 9.84 Å². The Morgan fingerprint density at radius 1 is 1.04 bits per heavy atom. The molecule has 28 heavy (non-hydrogen) atoms. The first-order valence-electron chi connectivity index (χ1n) is 9.21. The van der Waals surface area contributed by atoms with Gasteiger partial charge in [-0.3, -0.25) is 9.59 Å². The van der Waals surface area contributed by atoms with Crippen molar-refractivity contribution in [1.82, 2.24) is 0 Å². The van der Waals surface area contributed by atoms with Crippen molar-refractivity contribution in [3.63, 3.8) is 0 Å². The number of rotatable bonds is 7. The zero-order chi connectivity index (χ0) is 19.9. The Morgan fingerprint density at radius 3 is 2.29 bits per heavy atom. The Kier molecular flexibility index (Phi) is 6.60. The van der Waals surface area contributed by atoms with Crippen LogP contribution in [0.25, 0.3) is 0 Å². The Hall–Kier alpha value is -2.93. The van der Waals surface area contributed by atoms with Crippen molar-refractivity contribution in [1.29, 1.82) is 0 Å². The van der Waals surface area contributed by atoms with Crippen LogP contribution in [0.1, 0.15) is 24.3 Å². The highest BCUT2D eigenvalue weighted by molar-refractivity contribution is 5.91. The molecule has 0 radical (unpaired) electrons. The lowest BCUT2D eigenvalue weighted by Crippen LogP contribution is -2.36. The molecule has 1 saturated heterocycles. The van der Waals surface area contributed by atoms with Crippen molar-refractivity contribution >= 4 is 23.3 Å². The van der Waals surface area contributed by atoms with E-state index < -0.39 is 17.7 Å². The van der Waals surface area contributed by atoms with Crippen LogP contribution in [0.5, 0.6) is 0 Å². The van der Waals surface area contributed by atoms with Crippen molar-refractivity contribution in [3.05, 3.63) is 59.9 Å². The van der Waals surface area contributed by atoms with E-state index in [-0.39, 0.29) is 18.7 Å². The van der Waals surface area contributed by atoms with Crippen LogP contribution in [0.15, 0.2) is 48.5 Å². The highest BCUT2D eigenvalue weighted by Crippen LogP contribution is 2.25. The molecule has 1 aliphatic rings. The highest BCUT2D eigenvalue weighted by atomic mass is 19.1. The summed E-state index contributed by atoms with van der Waals surface area (Å²) in [6.45, 7) is 3.07. The summed E-state index contributed by atoms with van der Waals surface area (Å²) >= 11 is 0. The van der Waals surface area contributed by atoms with Gasteiger partial charge in [0.25, 0.3) is 0 Å². The highest BCUT2D eigenvalue weighted by Gasteiger charge is 2.20. The van der Waals surface area contributed by atoms with Crippen LogP contribution in [0.3, 0.4) is 0 Å². The van der Waals surface area contributed by atoms with Crippen molar-refractivity contribution in [2.45, 2.75) is 18.8 Å². The van der Waals surface area contributed by atoms with Crippen LogP contribution in [-0.2, 0) is 14.3 Å². The largest absolute Gasteiger partial charge is 0.481 e. The third-order valence-electron chi connectivity index (χ3n) is 4.72. The van der Waals surface area contributed by atoms with Crippen molar-refractivity contribution in [2.75, 3.05) is 36.5 Å². The quantitative estimate of drug-likeness (QED) is 0.764. The zero-order valence-electron chi connectivity index (χ0n) is 15.4. The first kappa shape index (κ1) is 19.8. The second kappa shape index (κ2) is 9.32. The third-order valence-corrected chi connectivity index (χ3v) is 4.72. The maximum Gasteiger partial charge on any atom is 0.303 e. The van der Waals surface area contributed by atoms with Crippen LogP contribution in [0, 0.1) is 5.82 Å². The number of anilines is 2. The molecule has 7 heteroatoms. The van der Waals surface area contributed by atoms with Crippen LogP contribution in [0.2, 0.25) is 0 Å². The molecule has 1 aliphatic heterocycles. The number of nitrogens with zero attached hydrogens (tertiary/aromatic N) is 1. The van der Waals surface area contributed by atoms with Gasteiger partial charge in [-0.25, -0.2) is 4.39 Å². The molecule has 148 valence electrons. The summed E-state index contributed by atoms with van der Waals surface area (Å²) in [5.41, 5.74) is 2.34. The van der Waals surface area contributed by atoms with E-state index in [1.165, 1.54) is 24.3 Å². The summed E-state index contributed by atoms with van der Waals surface area (Å²) in [5, 5.41) is 11.9. The van der Waals surface area contributed by atoms with E-state index in [2.05, 4.69) is 10.2 Å². The molecule has 1 fully saturated rings. The number of carbonyl (C=O) groups is 2. The van der Waals surface area contributed by atoms with Gasteiger partial charge >= 0.3 is 5.97 Å². The number of hydrogen-bond donors (Lipinski definition) is 2. The average molecular weight is 386 g/mol. The lowest BCUT2D eigenvalue weighted by Gasteiger charge is -2.28. The summed E-state index contributed by atoms with van der Waals surface area (Å²) in [7, 11) is 0. The second-order valence-electron chi connectivity index (χ2n) is 6.74. The Labute approximate surface area is 162 Å². The summed E-state index contributed by atoms with van der Waals surface area (Å²) in [5.74, 6) is -2.21. The maximum absolute atomic E-state index is 13.1. The number of carboxylic acids is 1. The average Bonchev–Trinajstić information content (AvgIpc) is 2.69. The lowest BCUT2D eigenvalue weighted by molar-refractivity contribution is -0.137. The standard InChI is InChI=1S/C21H23FN2O4/c22-17-3-1-15(2-4-17)16(14-21(26)27)13-20(25)23-18-5-7-19(8-6-18)24-9-11-28-12-10-24/h1-8,16H,9-14H2,(H,23,25)(H,26,27)/t16-/m1/s1. The number of amides is 1. The maximum atomic E-state index is 13.1. The monoisotopic (exact) mass is 386 g/mol. The number of benzene rings is 2. The molecular formula is C21H23FN2O4. The van der Waals surface area contributed by atoms with Crippen molar-refractivity contribution in [3.8, 4) is 0 Å². The van der Waals surface area contributed by atoms with Crippen LogP contribution < -0.4 is 10.2 Å². The van der Waals surface area contributed by atoms with Crippen molar-refractivity contribution in [2.24, 2.45) is 0 Å². The number of carboxylic acid groups (broad SMARTS) is 1. The van der Waals surface area contributed by atoms with Gasteiger partial charge < -0.3 is 20.1 Å². The van der Waals surface area contributed by atoms with Crippen LogP contribution >= 0.6 is 0 Å². The van der Waals surface area contributed by atoms with E-state index >= 15 is 0 Å². The normalized spacial score (nSPS) is 15.1. The fourth-order valence-electron chi connectivity index (χ4n) is 3.27. The molecule has 0 aliphatic carbocycles. The summed E-state index contributed by atoms with van der Waals surface area (Å²) in [6.07, 6.45) is -0.196. The van der Waals surface area contributed by atoms with Gasteiger partial charge in [0.1, 0.15) is 5.82 Å². The smallest absolute Gasteiger partial charge is 0.303 e. The first-order valence-corrected chi connectivity index (χ1v) is 9.21. The number of nitrogens with one attached hydrogen (secondary N) is 1. The van der Waals surface area contributed by atoms with Gasteiger partial charge in [-0.1, -0.05) is 12.1 Å². The third kappa shape index (κ3) is 5.53. The molecule has 1 amide bonds. The fourth-order valence-corrected chi connectivity index (χ4v) is 3.27. The summed E-state index contributed by atoms with van der Waals surface area (Å²) in [6, 6.07) is 13.1. The Morgan fingerprint density at radius 2 is 1.68 bits per heavy atom. The van der Waals surface area contributed by atoms with Gasteiger partial charge in [-0.15, -0.1) is 0 Å². The molecule has 2 aromatic carbocycles. The number of ether oxygens (including phenoxy) is 1. The molecule has 0 unspecified atom stereocenters. The number of morpholine rings is 1. The van der Waals surface area contributed by atoms with Gasteiger partial charge in [0.15, 0.2) is 0 Å². The van der Waals surface area contributed by atoms with E-state index in [9.17, 15) is 14.0 Å². The van der Waals surface area contributed by atoms with E-state index in [0.29, 0.717) is 24.5 Å². The SMILES string of the molecule is O=C(O)C[C@@H](CC(=O)Nc1ccc(N2CCOCC2)cc1)c1ccc(F)cc1. The fraction of sp³-hybridized carbons (Fsp3) is 0.333. The lowest BCUT2D eigenvalue weighted by atomic mass is 9.92. The summed E-state index contributed by atoms with van der Waals surface area (Å²) in [4.78, 5) is 25.8. The van der Waals surface area contributed by atoms with E-state index in [1.54, 1.807) is 0 Å². The van der Waals surface area contributed by atoms with Crippen molar-refractivity contribution < 1.29 is 23.8 Å². The molecule has 2 N–H and O–H groups in total. The Bertz CT molecular complexity index is 802. The first-order chi connectivity index (χ1) is 13.5. The summed E-state index contributed by atoms with van der Waals surface area (Å²) < 4.78 is 18.5. The Balaban J connectivity index is 1.62. The van der Waals surface area contributed by atoms with Gasteiger partial charge in [0, 0.05) is 36.8 Å². The second-order valence-corrected chi connectivity index (χ2v) is 6.74. The van der Waals surface area contributed by atoms with Gasteiger partial charge in [0.05, 0.1) is 19.6 Å². The predicted octanol–water partition coefficient (Wildman–Crippen LogP) is 3.25. The zero-order valence-corrected chi connectivity index (χ0v) is 15.4. The van der Waals surface area contributed by atoms with Crippen LogP contribution in [-0.4, -0.2) is 43.3 Å². The predicted molar refractivity (Wildman–Crippen MR) is 104 cm³/mol. The molecule has 1 heterocycles. The molecule has 0 saturated carbocycles. The number of aliphatic carboxylic acids is 1. The molecule has 2 aromatic rings. The molecule has 0 bridgehead atoms. The molecular weight excluding hydrogens is 363 g/mol.